The van der Waals surface area contributed by atoms with Crippen LogP contribution in [0.3, 0.4) is 0 Å². The van der Waals surface area contributed by atoms with Crippen LogP contribution in [0, 0.1) is 6.92 Å². The van der Waals surface area contributed by atoms with Crippen molar-refractivity contribution in [3.63, 3.8) is 0 Å². The normalized spacial score (nSPS) is 12.9. The van der Waals surface area contributed by atoms with E-state index in [9.17, 15) is 9.59 Å². The van der Waals surface area contributed by atoms with E-state index in [1.54, 1.807) is 35.5 Å². The first kappa shape index (κ1) is 22.9. The molecule has 0 spiro atoms. The van der Waals surface area contributed by atoms with Crippen LogP contribution in [0.2, 0.25) is 5.02 Å². The highest BCUT2D eigenvalue weighted by Crippen LogP contribution is 2.26. The molecule has 9 heteroatoms. The number of aromatic nitrogens is 3. The second-order valence-electron chi connectivity index (χ2n) is 8.43. The van der Waals surface area contributed by atoms with E-state index < -0.39 is 0 Å². The van der Waals surface area contributed by atoms with Gasteiger partial charge in [0.05, 0.1) is 22.4 Å². The van der Waals surface area contributed by atoms with E-state index >= 15 is 0 Å². The van der Waals surface area contributed by atoms with E-state index in [0.29, 0.717) is 42.4 Å². The Bertz CT molecular complexity index is 1420. The Morgan fingerprint density at radius 2 is 2.06 bits per heavy atom. The first-order valence-electron chi connectivity index (χ1n) is 11.3. The molecule has 3 heterocycles. The van der Waals surface area contributed by atoms with E-state index in [-0.39, 0.29) is 18.4 Å². The lowest BCUT2D eigenvalue weighted by molar-refractivity contribution is -0.134. The van der Waals surface area contributed by atoms with Gasteiger partial charge in [-0.2, -0.15) is 0 Å². The molecule has 2 amide bonds. The summed E-state index contributed by atoms with van der Waals surface area (Å²) in [5.74, 6) is 0.213. The quantitative estimate of drug-likeness (QED) is 0.429. The molecule has 0 aliphatic carbocycles. The number of H-pyrrole nitrogens is 1. The van der Waals surface area contributed by atoms with Crippen LogP contribution in [-0.4, -0.2) is 44.8 Å². The average molecular weight is 490 g/mol. The fraction of sp³-hybridized carbons (Fsp3) is 0.231. The summed E-state index contributed by atoms with van der Waals surface area (Å²) in [4.78, 5) is 39.0. The van der Waals surface area contributed by atoms with Crippen LogP contribution >= 0.6 is 11.6 Å². The molecule has 1 aliphatic rings. The molecular formula is C26H24ClN5O3. The number of ether oxygens (including phenoxy) is 1. The van der Waals surface area contributed by atoms with Crippen LogP contribution in [0.25, 0.3) is 11.0 Å². The number of halogens is 1. The lowest BCUT2D eigenvalue weighted by Crippen LogP contribution is -2.39. The van der Waals surface area contributed by atoms with Crippen LogP contribution in [0.1, 0.15) is 32.7 Å². The molecule has 4 aromatic rings. The van der Waals surface area contributed by atoms with Crippen molar-refractivity contribution in [2.45, 2.75) is 26.4 Å². The molecule has 0 fully saturated rings. The minimum atomic E-state index is -0.164. The number of carbonyl (C=O) groups is 2. The van der Waals surface area contributed by atoms with E-state index in [0.717, 1.165) is 33.4 Å². The summed E-state index contributed by atoms with van der Waals surface area (Å²) < 4.78 is 5.62. The van der Waals surface area contributed by atoms with Crippen LogP contribution < -0.4 is 10.1 Å². The molecule has 1 aliphatic heterocycles. The number of para-hydroxylation sites is 1. The Labute approximate surface area is 207 Å². The van der Waals surface area contributed by atoms with Crippen LogP contribution in [0.4, 0.5) is 0 Å². The van der Waals surface area contributed by atoms with Gasteiger partial charge in [0.25, 0.3) is 11.8 Å². The number of imidazole rings is 1. The topological polar surface area (TPSA) is 100 Å². The predicted molar refractivity (Wildman–Crippen MR) is 132 cm³/mol. The maximum absolute atomic E-state index is 12.8. The zero-order valence-electron chi connectivity index (χ0n) is 19.2. The van der Waals surface area contributed by atoms with E-state index in [1.165, 1.54) is 0 Å². The molecular weight excluding hydrogens is 466 g/mol. The first-order chi connectivity index (χ1) is 17.0. The number of amides is 2. The van der Waals surface area contributed by atoms with Gasteiger partial charge >= 0.3 is 0 Å². The molecule has 2 aromatic carbocycles. The van der Waals surface area contributed by atoms with Gasteiger partial charge in [0.15, 0.2) is 6.61 Å². The summed E-state index contributed by atoms with van der Waals surface area (Å²) >= 11 is 6.11. The minimum absolute atomic E-state index is 0.0814. The Hall–Kier alpha value is -3.91. The van der Waals surface area contributed by atoms with E-state index in [1.807, 2.05) is 31.3 Å². The highest BCUT2D eigenvalue weighted by Gasteiger charge is 2.24. The third-order valence-electron chi connectivity index (χ3n) is 6.24. The summed E-state index contributed by atoms with van der Waals surface area (Å²) in [6.45, 7) is 3.24. The molecule has 2 aromatic heterocycles. The van der Waals surface area contributed by atoms with E-state index in [2.05, 4.69) is 20.3 Å². The fourth-order valence-corrected chi connectivity index (χ4v) is 4.50. The van der Waals surface area contributed by atoms with Crippen molar-refractivity contribution >= 4 is 34.4 Å². The summed E-state index contributed by atoms with van der Waals surface area (Å²) in [6, 6.07) is 12.5. The SMILES string of the molecule is Cc1ncc2c(c1CNC(=O)c1ccc3nc[nH]c3c1)CCN(C(=O)COc1ccccc1Cl)C2. The highest BCUT2D eigenvalue weighted by atomic mass is 35.5. The van der Waals surface area contributed by atoms with Crippen LogP contribution in [0.15, 0.2) is 55.0 Å². The molecule has 0 unspecified atom stereocenters. The molecule has 0 saturated carbocycles. The van der Waals surface area contributed by atoms with Crippen molar-refractivity contribution in [1.82, 2.24) is 25.2 Å². The summed E-state index contributed by atoms with van der Waals surface area (Å²) in [7, 11) is 0. The molecule has 8 nitrogen and oxygen atoms in total. The standard InChI is InChI=1S/C26H24ClN5O3/c1-16-20(12-29-26(34)17-6-7-22-23(10-17)31-15-30-22)19-8-9-32(13-18(19)11-28-16)25(33)14-35-24-5-3-2-4-21(24)27/h2-7,10-11,15H,8-9,12-14H2,1H3,(H,29,34)(H,30,31). The number of fused-ring (bicyclic) bond motifs is 2. The van der Waals surface area contributed by atoms with Crippen molar-refractivity contribution in [3.05, 3.63) is 88.0 Å². The summed E-state index contributed by atoms with van der Waals surface area (Å²) in [6.07, 6.45) is 4.10. The Morgan fingerprint density at radius 1 is 1.20 bits per heavy atom. The second kappa shape index (κ2) is 9.76. The lowest BCUT2D eigenvalue weighted by Gasteiger charge is -2.30. The number of nitrogens with one attached hydrogen (secondary N) is 2. The largest absolute Gasteiger partial charge is 0.482 e. The van der Waals surface area contributed by atoms with Gasteiger partial charge in [-0.3, -0.25) is 14.6 Å². The third kappa shape index (κ3) is 4.83. The number of aromatic amines is 1. The van der Waals surface area contributed by atoms with Crippen molar-refractivity contribution in [3.8, 4) is 5.75 Å². The smallest absolute Gasteiger partial charge is 0.260 e. The molecule has 2 N–H and O–H groups in total. The number of hydrogen-bond donors (Lipinski definition) is 2. The number of aryl methyl sites for hydroxylation is 1. The highest BCUT2D eigenvalue weighted by molar-refractivity contribution is 6.32. The molecule has 0 saturated heterocycles. The maximum atomic E-state index is 12.8. The molecule has 0 radical (unpaired) electrons. The van der Waals surface area contributed by atoms with Gasteiger partial charge in [-0.15, -0.1) is 0 Å². The Balaban J connectivity index is 1.24. The molecule has 35 heavy (non-hydrogen) atoms. The van der Waals surface area contributed by atoms with Gasteiger partial charge in [0, 0.05) is 37.1 Å². The van der Waals surface area contributed by atoms with Gasteiger partial charge in [-0.25, -0.2) is 4.98 Å². The van der Waals surface area contributed by atoms with Crippen LogP contribution in [0.5, 0.6) is 5.75 Å². The number of carbonyl (C=O) groups excluding carboxylic acids is 2. The number of nitrogens with zero attached hydrogens (tertiary/aromatic N) is 3. The third-order valence-corrected chi connectivity index (χ3v) is 6.56. The van der Waals surface area contributed by atoms with Gasteiger partial charge in [-0.1, -0.05) is 23.7 Å². The number of rotatable bonds is 6. The first-order valence-corrected chi connectivity index (χ1v) is 11.7. The van der Waals surface area contributed by atoms with Crippen molar-refractivity contribution < 1.29 is 14.3 Å². The Kier molecular flexibility index (Phi) is 6.37. The molecule has 178 valence electrons. The van der Waals surface area contributed by atoms with Gasteiger partial charge in [-0.05, 0) is 60.4 Å². The van der Waals surface area contributed by atoms with Crippen molar-refractivity contribution in [2.24, 2.45) is 0 Å². The summed E-state index contributed by atoms with van der Waals surface area (Å²) in [5.41, 5.74) is 6.18. The molecule has 5 rings (SSSR count). The minimum Gasteiger partial charge on any atom is -0.482 e. The molecule has 0 bridgehead atoms. The maximum Gasteiger partial charge on any atom is 0.260 e. The zero-order chi connectivity index (χ0) is 24.4. The number of benzene rings is 2. The Morgan fingerprint density at radius 3 is 2.91 bits per heavy atom. The van der Waals surface area contributed by atoms with Crippen molar-refractivity contribution in [1.29, 1.82) is 0 Å². The monoisotopic (exact) mass is 489 g/mol. The predicted octanol–water partition coefficient (Wildman–Crippen LogP) is 3.81. The van der Waals surface area contributed by atoms with Gasteiger partial charge in [0.2, 0.25) is 0 Å². The van der Waals surface area contributed by atoms with E-state index in [4.69, 9.17) is 16.3 Å². The fourth-order valence-electron chi connectivity index (χ4n) is 4.31. The van der Waals surface area contributed by atoms with Crippen LogP contribution in [-0.2, 0) is 24.3 Å². The number of hydrogen-bond acceptors (Lipinski definition) is 5. The second-order valence-corrected chi connectivity index (χ2v) is 8.83. The number of pyridine rings is 1. The van der Waals surface area contributed by atoms with Gasteiger partial charge < -0.3 is 19.9 Å². The summed E-state index contributed by atoms with van der Waals surface area (Å²) in [5, 5.41) is 3.49. The average Bonchev–Trinajstić information content (AvgIpc) is 3.35. The zero-order valence-corrected chi connectivity index (χ0v) is 19.9. The molecule has 0 atom stereocenters. The lowest BCUT2D eigenvalue weighted by atomic mass is 9.94. The van der Waals surface area contributed by atoms with Gasteiger partial charge in [0.1, 0.15) is 5.75 Å². The van der Waals surface area contributed by atoms with Crippen molar-refractivity contribution in [2.75, 3.05) is 13.2 Å².